The molecule has 0 saturated carbocycles. The van der Waals surface area contributed by atoms with Gasteiger partial charge in [0.05, 0.1) is 0 Å². The maximum Gasteiger partial charge on any atom is 0.344 e. The number of nitrogens with two attached hydrogens (primary N) is 1. The van der Waals surface area contributed by atoms with E-state index in [4.69, 9.17) is 15.6 Å². The standard InChI is InChI=1S/C11H19NO6/c1-11(2,3)18-9(14)6-17-8(13)5-4-7(12)10(15)16/h7H,4-6,12H2,1-3H3,(H,15,16)/t7-/m0/s1. The fourth-order valence-corrected chi connectivity index (χ4v) is 0.979. The first-order chi connectivity index (χ1) is 8.11. The number of hydrogen-bond acceptors (Lipinski definition) is 6. The van der Waals surface area contributed by atoms with Crippen molar-refractivity contribution in [2.24, 2.45) is 5.73 Å². The van der Waals surface area contributed by atoms with E-state index in [9.17, 15) is 14.4 Å². The van der Waals surface area contributed by atoms with E-state index < -0.39 is 36.2 Å². The van der Waals surface area contributed by atoms with Crippen LogP contribution in [0.15, 0.2) is 0 Å². The van der Waals surface area contributed by atoms with Crippen molar-refractivity contribution in [2.45, 2.75) is 45.3 Å². The third-order valence-corrected chi connectivity index (χ3v) is 1.75. The number of hydrogen-bond donors (Lipinski definition) is 2. The second kappa shape index (κ2) is 6.95. The second-order valence-corrected chi connectivity index (χ2v) is 4.73. The Bertz CT molecular complexity index is 320. The van der Waals surface area contributed by atoms with Crippen molar-refractivity contribution >= 4 is 17.9 Å². The zero-order valence-corrected chi connectivity index (χ0v) is 10.8. The zero-order chi connectivity index (χ0) is 14.3. The summed E-state index contributed by atoms with van der Waals surface area (Å²) in [4.78, 5) is 32.7. The highest BCUT2D eigenvalue weighted by Gasteiger charge is 2.18. The Balaban J connectivity index is 3.84. The van der Waals surface area contributed by atoms with E-state index in [2.05, 4.69) is 4.74 Å². The van der Waals surface area contributed by atoms with Gasteiger partial charge in [0.15, 0.2) is 6.61 Å². The molecule has 3 N–H and O–H groups in total. The highest BCUT2D eigenvalue weighted by Crippen LogP contribution is 2.07. The number of esters is 2. The van der Waals surface area contributed by atoms with Gasteiger partial charge in [0, 0.05) is 6.42 Å². The van der Waals surface area contributed by atoms with Gasteiger partial charge in [0.25, 0.3) is 0 Å². The molecule has 7 heteroatoms. The van der Waals surface area contributed by atoms with Gasteiger partial charge in [-0.3, -0.25) is 9.59 Å². The van der Waals surface area contributed by atoms with Gasteiger partial charge in [-0.1, -0.05) is 0 Å². The zero-order valence-electron chi connectivity index (χ0n) is 10.8. The van der Waals surface area contributed by atoms with E-state index in [0.717, 1.165) is 0 Å². The highest BCUT2D eigenvalue weighted by atomic mass is 16.6. The monoisotopic (exact) mass is 261 g/mol. The molecule has 104 valence electrons. The van der Waals surface area contributed by atoms with Crippen LogP contribution in [0.3, 0.4) is 0 Å². The minimum Gasteiger partial charge on any atom is -0.480 e. The molecule has 7 nitrogen and oxygen atoms in total. The van der Waals surface area contributed by atoms with E-state index in [1.807, 2.05) is 0 Å². The van der Waals surface area contributed by atoms with Gasteiger partial charge in [-0.05, 0) is 27.2 Å². The summed E-state index contributed by atoms with van der Waals surface area (Å²) in [5.41, 5.74) is 4.56. The van der Waals surface area contributed by atoms with Crippen LogP contribution in [0.2, 0.25) is 0 Å². The van der Waals surface area contributed by atoms with Gasteiger partial charge < -0.3 is 20.3 Å². The first kappa shape index (κ1) is 16.4. The summed E-state index contributed by atoms with van der Waals surface area (Å²) in [6, 6.07) is -1.11. The Kier molecular flexibility index (Phi) is 6.32. The minimum atomic E-state index is -1.19. The topological polar surface area (TPSA) is 116 Å². The summed E-state index contributed by atoms with van der Waals surface area (Å²) in [7, 11) is 0. The molecule has 0 radical (unpaired) electrons. The molecule has 0 spiro atoms. The van der Waals surface area contributed by atoms with Crippen molar-refractivity contribution in [3.8, 4) is 0 Å². The Labute approximate surface area is 105 Å². The Morgan fingerprint density at radius 1 is 1.22 bits per heavy atom. The molecule has 0 aromatic heterocycles. The van der Waals surface area contributed by atoms with Crippen molar-refractivity contribution in [3.63, 3.8) is 0 Å². The second-order valence-electron chi connectivity index (χ2n) is 4.73. The normalized spacial score (nSPS) is 12.7. The first-order valence-electron chi connectivity index (χ1n) is 5.47. The van der Waals surface area contributed by atoms with Gasteiger partial charge in [0.2, 0.25) is 0 Å². The molecule has 0 fully saturated rings. The number of carboxylic acids is 1. The number of ether oxygens (including phenoxy) is 2. The Morgan fingerprint density at radius 3 is 2.22 bits per heavy atom. The molecule has 0 amide bonds. The lowest BCUT2D eigenvalue weighted by Crippen LogP contribution is -2.31. The summed E-state index contributed by atoms with van der Waals surface area (Å²) in [6.07, 6.45) is -0.196. The van der Waals surface area contributed by atoms with Crippen molar-refractivity contribution < 1.29 is 29.0 Å². The lowest BCUT2D eigenvalue weighted by molar-refractivity contribution is -0.166. The minimum absolute atomic E-state index is 0.0392. The van der Waals surface area contributed by atoms with Crippen LogP contribution in [0.4, 0.5) is 0 Å². The average molecular weight is 261 g/mol. The molecule has 0 rings (SSSR count). The van der Waals surface area contributed by atoms with Gasteiger partial charge >= 0.3 is 17.9 Å². The number of carboxylic acid groups (broad SMARTS) is 1. The largest absolute Gasteiger partial charge is 0.480 e. The van der Waals surface area contributed by atoms with Crippen LogP contribution < -0.4 is 5.73 Å². The van der Waals surface area contributed by atoms with Crippen LogP contribution in [0.25, 0.3) is 0 Å². The Morgan fingerprint density at radius 2 is 1.78 bits per heavy atom. The molecule has 0 aliphatic rings. The predicted octanol–water partition coefficient (Wildman–Crippen LogP) is 0.0634. The predicted molar refractivity (Wildman–Crippen MR) is 61.6 cm³/mol. The number of carbonyl (C=O) groups is 3. The number of carbonyl (C=O) groups excluding carboxylic acids is 2. The van der Waals surface area contributed by atoms with Crippen LogP contribution in [0.1, 0.15) is 33.6 Å². The molecule has 0 aromatic rings. The highest BCUT2D eigenvalue weighted by molar-refractivity contribution is 5.78. The molecule has 0 aromatic carbocycles. The van der Waals surface area contributed by atoms with Crippen LogP contribution in [0.5, 0.6) is 0 Å². The van der Waals surface area contributed by atoms with Crippen molar-refractivity contribution in [3.05, 3.63) is 0 Å². The summed E-state index contributed by atoms with van der Waals surface area (Å²) >= 11 is 0. The number of rotatable bonds is 6. The molecule has 0 saturated heterocycles. The summed E-state index contributed by atoms with van der Waals surface area (Å²) < 4.78 is 9.53. The third-order valence-electron chi connectivity index (χ3n) is 1.75. The van der Waals surface area contributed by atoms with Crippen LogP contribution in [0, 0.1) is 0 Å². The molecule has 1 atom stereocenters. The molecule has 0 unspecified atom stereocenters. The van der Waals surface area contributed by atoms with Crippen LogP contribution >= 0.6 is 0 Å². The van der Waals surface area contributed by atoms with Crippen molar-refractivity contribution in [2.75, 3.05) is 6.61 Å². The summed E-state index contributed by atoms with van der Waals surface area (Å²) in [5.74, 6) is -2.52. The smallest absolute Gasteiger partial charge is 0.344 e. The van der Waals surface area contributed by atoms with E-state index in [1.54, 1.807) is 20.8 Å². The first-order valence-corrected chi connectivity index (χ1v) is 5.47. The maximum absolute atomic E-state index is 11.2. The maximum atomic E-state index is 11.2. The quantitative estimate of drug-likeness (QED) is 0.649. The summed E-state index contributed by atoms with van der Waals surface area (Å²) in [5, 5.41) is 8.49. The molecule has 18 heavy (non-hydrogen) atoms. The van der Waals surface area contributed by atoms with E-state index in [0.29, 0.717) is 0 Å². The molecule has 0 aliphatic carbocycles. The van der Waals surface area contributed by atoms with E-state index in [-0.39, 0.29) is 12.8 Å². The van der Waals surface area contributed by atoms with Gasteiger partial charge in [-0.2, -0.15) is 0 Å². The molecule has 0 bridgehead atoms. The molecule has 0 aliphatic heterocycles. The van der Waals surface area contributed by atoms with Gasteiger partial charge in [-0.15, -0.1) is 0 Å². The lowest BCUT2D eigenvalue weighted by Gasteiger charge is -2.19. The molecular weight excluding hydrogens is 242 g/mol. The molecular formula is C11H19NO6. The third kappa shape index (κ3) is 8.51. The molecule has 0 heterocycles. The average Bonchev–Trinajstić information content (AvgIpc) is 2.20. The number of aliphatic carboxylic acids is 1. The fourth-order valence-electron chi connectivity index (χ4n) is 0.979. The van der Waals surface area contributed by atoms with E-state index >= 15 is 0 Å². The van der Waals surface area contributed by atoms with Gasteiger partial charge in [0.1, 0.15) is 11.6 Å². The van der Waals surface area contributed by atoms with Gasteiger partial charge in [-0.25, -0.2) is 4.79 Å². The van der Waals surface area contributed by atoms with Crippen LogP contribution in [-0.4, -0.2) is 41.3 Å². The summed E-state index contributed by atoms with van der Waals surface area (Å²) in [6.45, 7) is 4.59. The Hall–Kier alpha value is -1.63. The fraction of sp³-hybridized carbons (Fsp3) is 0.727. The van der Waals surface area contributed by atoms with Crippen molar-refractivity contribution in [1.82, 2.24) is 0 Å². The van der Waals surface area contributed by atoms with Crippen LogP contribution in [-0.2, 0) is 23.9 Å². The SMILES string of the molecule is CC(C)(C)OC(=O)COC(=O)CC[C@H](N)C(=O)O. The lowest BCUT2D eigenvalue weighted by atomic mass is 10.2. The van der Waals surface area contributed by atoms with Crippen molar-refractivity contribution in [1.29, 1.82) is 0 Å². The van der Waals surface area contributed by atoms with E-state index in [1.165, 1.54) is 0 Å².